The third kappa shape index (κ3) is 4.87. The van der Waals surface area contributed by atoms with Crippen LogP contribution in [0.4, 0.5) is 5.69 Å². The molecule has 3 N–H and O–H groups in total. The van der Waals surface area contributed by atoms with Gasteiger partial charge in [-0.25, -0.2) is 16.8 Å². The predicted octanol–water partition coefficient (Wildman–Crippen LogP) is 2.79. The molecule has 0 aliphatic carbocycles. The second-order valence-corrected chi connectivity index (χ2v) is 10.9. The zero-order chi connectivity index (χ0) is 21.9. The smallest absolute Gasteiger partial charge is 0.271 e. The summed E-state index contributed by atoms with van der Waals surface area (Å²) in [6.45, 7) is 3.40. The number of amides is 1. The molecule has 0 saturated carbocycles. The van der Waals surface area contributed by atoms with E-state index in [1.165, 1.54) is 30.3 Å². The summed E-state index contributed by atoms with van der Waals surface area (Å²) in [4.78, 5) is 14.7. The van der Waals surface area contributed by atoms with E-state index in [1.807, 2.05) is 0 Å². The van der Waals surface area contributed by atoms with Gasteiger partial charge in [0.05, 0.1) is 16.1 Å². The van der Waals surface area contributed by atoms with Crippen molar-refractivity contribution < 1.29 is 21.6 Å². The molecular weight excluding hydrogens is 446 g/mol. The molecule has 1 heterocycles. The van der Waals surface area contributed by atoms with Gasteiger partial charge < -0.3 is 0 Å². The molecular formula is C19H19N3O5S3. The summed E-state index contributed by atoms with van der Waals surface area (Å²) >= 11 is 1.03. The number of rotatable bonds is 7. The van der Waals surface area contributed by atoms with E-state index >= 15 is 0 Å². The van der Waals surface area contributed by atoms with Crippen LogP contribution in [-0.4, -0.2) is 22.7 Å². The van der Waals surface area contributed by atoms with Crippen molar-refractivity contribution in [2.45, 2.75) is 23.0 Å². The minimum atomic E-state index is -4.02. The van der Waals surface area contributed by atoms with Gasteiger partial charge in [-0.05, 0) is 54.6 Å². The molecule has 0 atom stereocenters. The van der Waals surface area contributed by atoms with Crippen molar-refractivity contribution >= 4 is 43.0 Å². The number of carbonyl (C=O) groups excluding carboxylic acids is 1. The molecule has 0 spiro atoms. The molecule has 0 bridgehead atoms. The fraction of sp³-hybridized carbons (Fsp3) is 0.105. The molecule has 11 heteroatoms. The number of para-hydroxylation sites is 1. The Labute approximate surface area is 179 Å². The first kappa shape index (κ1) is 22.0. The zero-order valence-corrected chi connectivity index (χ0v) is 18.5. The highest BCUT2D eigenvalue weighted by Gasteiger charge is 2.22. The molecule has 2 aromatic carbocycles. The highest BCUT2D eigenvalue weighted by molar-refractivity contribution is 7.94. The molecule has 3 aromatic rings. The Morgan fingerprint density at radius 3 is 2.33 bits per heavy atom. The Morgan fingerprint density at radius 1 is 0.900 bits per heavy atom. The molecule has 0 aliphatic heterocycles. The van der Waals surface area contributed by atoms with E-state index in [2.05, 4.69) is 15.0 Å². The molecule has 0 saturated heterocycles. The van der Waals surface area contributed by atoms with E-state index in [9.17, 15) is 21.6 Å². The summed E-state index contributed by atoms with van der Waals surface area (Å²) < 4.78 is 52.5. The van der Waals surface area contributed by atoms with Gasteiger partial charge in [0.25, 0.3) is 26.0 Å². The lowest BCUT2D eigenvalue weighted by molar-refractivity contribution is 0.0946. The van der Waals surface area contributed by atoms with Crippen molar-refractivity contribution in [1.29, 1.82) is 0 Å². The van der Waals surface area contributed by atoms with Crippen molar-refractivity contribution in [2.24, 2.45) is 0 Å². The molecule has 0 aliphatic rings. The van der Waals surface area contributed by atoms with Gasteiger partial charge in [-0.1, -0.05) is 30.3 Å². The van der Waals surface area contributed by atoms with Gasteiger partial charge in [-0.3, -0.25) is 14.9 Å². The molecule has 1 aromatic heterocycles. The van der Waals surface area contributed by atoms with E-state index in [4.69, 9.17) is 0 Å². The Hall–Kier alpha value is -2.73. The van der Waals surface area contributed by atoms with Crippen molar-refractivity contribution in [3.05, 3.63) is 76.7 Å². The Morgan fingerprint density at radius 2 is 1.63 bits per heavy atom. The highest BCUT2D eigenvalue weighted by atomic mass is 32.2. The monoisotopic (exact) mass is 465 g/mol. The molecule has 0 radical (unpaired) electrons. The first-order chi connectivity index (χ1) is 14.1. The summed E-state index contributed by atoms with van der Waals surface area (Å²) in [6, 6.07) is 13.9. The normalized spacial score (nSPS) is 11.8. The van der Waals surface area contributed by atoms with Gasteiger partial charge in [-0.15, -0.1) is 16.2 Å². The number of aryl methyl sites for hydroxylation is 2. The SMILES string of the molecule is Cc1ccc(C)c(S(=O)(=O)NNC(=O)c2ccccc2NS(=O)(=O)c2cccs2)c1. The molecule has 3 rings (SSSR count). The lowest BCUT2D eigenvalue weighted by Crippen LogP contribution is -2.42. The highest BCUT2D eigenvalue weighted by Crippen LogP contribution is 2.23. The van der Waals surface area contributed by atoms with E-state index < -0.39 is 26.0 Å². The van der Waals surface area contributed by atoms with Gasteiger partial charge in [0.1, 0.15) is 4.21 Å². The number of hydrazine groups is 1. The number of carbonyl (C=O) groups is 1. The largest absolute Gasteiger partial charge is 0.278 e. The summed E-state index contributed by atoms with van der Waals surface area (Å²) in [5.41, 5.74) is 3.39. The number of thiophene rings is 1. The molecule has 8 nitrogen and oxygen atoms in total. The molecule has 30 heavy (non-hydrogen) atoms. The fourth-order valence-electron chi connectivity index (χ4n) is 2.61. The van der Waals surface area contributed by atoms with E-state index in [1.54, 1.807) is 43.5 Å². The van der Waals surface area contributed by atoms with Crippen LogP contribution < -0.4 is 15.0 Å². The predicted molar refractivity (Wildman–Crippen MR) is 115 cm³/mol. The van der Waals surface area contributed by atoms with Crippen molar-refractivity contribution in [3.8, 4) is 0 Å². The number of sulfonamides is 2. The summed E-state index contributed by atoms with van der Waals surface area (Å²) in [6.07, 6.45) is 0. The van der Waals surface area contributed by atoms with Gasteiger partial charge in [0.15, 0.2) is 0 Å². The number of benzene rings is 2. The van der Waals surface area contributed by atoms with Crippen molar-refractivity contribution in [2.75, 3.05) is 4.72 Å². The fourth-order valence-corrected chi connectivity index (χ4v) is 5.86. The van der Waals surface area contributed by atoms with E-state index in [0.29, 0.717) is 5.56 Å². The van der Waals surface area contributed by atoms with Crippen LogP contribution in [-0.2, 0) is 20.0 Å². The third-order valence-electron chi connectivity index (χ3n) is 4.11. The first-order valence-electron chi connectivity index (χ1n) is 8.65. The van der Waals surface area contributed by atoms with Gasteiger partial charge >= 0.3 is 0 Å². The first-order valence-corrected chi connectivity index (χ1v) is 12.5. The van der Waals surface area contributed by atoms with Crippen LogP contribution in [0.5, 0.6) is 0 Å². The van der Waals surface area contributed by atoms with Crippen LogP contribution in [0.15, 0.2) is 69.1 Å². The number of hydrogen-bond acceptors (Lipinski definition) is 6. The number of anilines is 1. The van der Waals surface area contributed by atoms with Gasteiger partial charge in [-0.2, -0.15) is 0 Å². The Kier molecular flexibility index (Phi) is 6.27. The third-order valence-corrected chi connectivity index (χ3v) is 8.26. The van der Waals surface area contributed by atoms with Crippen molar-refractivity contribution in [1.82, 2.24) is 10.3 Å². The Bertz CT molecular complexity index is 1280. The maximum Gasteiger partial charge on any atom is 0.271 e. The number of hydrogen-bond donors (Lipinski definition) is 3. The van der Waals surface area contributed by atoms with E-state index in [0.717, 1.165) is 16.9 Å². The summed E-state index contributed by atoms with van der Waals surface area (Å²) in [5, 5.41) is 1.62. The summed E-state index contributed by atoms with van der Waals surface area (Å²) in [5.74, 6) is -0.812. The topological polar surface area (TPSA) is 121 Å². The second-order valence-electron chi connectivity index (χ2n) is 6.41. The zero-order valence-electron chi connectivity index (χ0n) is 16.0. The quantitative estimate of drug-likeness (QED) is 0.463. The van der Waals surface area contributed by atoms with Crippen LogP contribution in [0.25, 0.3) is 0 Å². The van der Waals surface area contributed by atoms with Crippen LogP contribution >= 0.6 is 11.3 Å². The van der Waals surface area contributed by atoms with Crippen LogP contribution in [0.1, 0.15) is 21.5 Å². The second kappa shape index (κ2) is 8.56. The van der Waals surface area contributed by atoms with Gasteiger partial charge in [0.2, 0.25) is 0 Å². The maximum atomic E-state index is 12.6. The molecule has 0 unspecified atom stereocenters. The maximum absolute atomic E-state index is 12.6. The minimum absolute atomic E-state index is 0.0225. The van der Waals surface area contributed by atoms with Crippen LogP contribution in [0, 0.1) is 13.8 Å². The molecule has 158 valence electrons. The Balaban J connectivity index is 1.81. The lowest BCUT2D eigenvalue weighted by Gasteiger charge is -2.14. The number of nitrogens with one attached hydrogen (secondary N) is 3. The molecule has 0 fully saturated rings. The lowest BCUT2D eigenvalue weighted by atomic mass is 10.2. The van der Waals surface area contributed by atoms with Crippen LogP contribution in [0.2, 0.25) is 0 Å². The average molecular weight is 466 g/mol. The average Bonchev–Trinajstić information content (AvgIpc) is 3.24. The van der Waals surface area contributed by atoms with E-state index in [-0.39, 0.29) is 20.4 Å². The summed E-state index contributed by atoms with van der Waals surface area (Å²) in [7, 11) is -7.89. The standard InChI is InChI=1S/C19H19N3O5S3/c1-13-9-10-14(2)17(12-13)29(24,25)22-20-19(23)15-6-3-4-7-16(15)21-30(26,27)18-8-5-11-28-18/h3-12,21-22H,1-2H3,(H,20,23). The van der Waals surface area contributed by atoms with Gasteiger partial charge in [0, 0.05) is 0 Å². The van der Waals surface area contributed by atoms with Crippen molar-refractivity contribution in [3.63, 3.8) is 0 Å². The molecule has 1 amide bonds. The van der Waals surface area contributed by atoms with Crippen LogP contribution in [0.3, 0.4) is 0 Å². The minimum Gasteiger partial charge on any atom is -0.278 e.